The van der Waals surface area contributed by atoms with E-state index in [1.165, 1.54) is 17.3 Å². The molecule has 0 unspecified atom stereocenters. The van der Waals surface area contributed by atoms with Crippen molar-refractivity contribution in [3.63, 3.8) is 0 Å². The maximum Gasteiger partial charge on any atom is 0.233 e. The van der Waals surface area contributed by atoms with Crippen molar-refractivity contribution in [2.24, 2.45) is 0 Å². The Balaban J connectivity index is 1.62. The van der Waals surface area contributed by atoms with Crippen LogP contribution in [0.3, 0.4) is 0 Å². The van der Waals surface area contributed by atoms with Crippen molar-refractivity contribution in [2.45, 2.75) is 56.0 Å². The maximum atomic E-state index is 12.4. The first kappa shape index (κ1) is 20.8. The number of tetrazole rings is 1. The molecule has 0 saturated carbocycles. The minimum absolute atomic E-state index is 0.0121. The lowest BCUT2D eigenvalue weighted by molar-refractivity contribution is -0.120. The number of rotatable bonds is 8. The van der Waals surface area contributed by atoms with Gasteiger partial charge in [-0.2, -0.15) is 4.68 Å². The van der Waals surface area contributed by atoms with Gasteiger partial charge in [-0.15, -0.1) is 5.10 Å². The summed E-state index contributed by atoms with van der Waals surface area (Å²) in [5.74, 6) is -0.0684. The van der Waals surface area contributed by atoms with Gasteiger partial charge in [0.2, 0.25) is 11.1 Å². The number of thioether (sulfide) groups is 1. The molecule has 0 aliphatic carbocycles. The van der Waals surface area contributed by atoms with Gasteiger partial charge in [-0.05, 0) is 54.3 Å². The average molecular weight is 424 g/mol. The van der Waals surface area contributed by atoms with Crippen molar-refractivity contribution in [3.05, 3.63) is 29.8 Å². The van der Waals surface area contributed by atoms with Crippen LogP contribution in [0.15, 0.2) is 29.4 Å². The molecule has 0 bridgehead atoms. The average Bonchev–Trinajstić information content (AvgIpc) is 3.26. The minimum Gasteiger partial charge on any atom is -0.351 e. The molecule has 1 aromatic heterocycles. The molecule has 28 heavy (non-hydrogen) atoms. The predicted octanol–water partition coefficient (Wildman–Crippen LogP) is 1.79. The zero-order chi connectivity index (χ0) is 20.1. The molecule has 0 radical (unpaired) electrons. The van der Waals surface area contributed by atoms with Crippen molar-refractivity contribution in [3.8, 4) is 5.69 Å². The van der Waals surface area contributed by atoms with Crippen LogP contribution in [0.2, 0.25) is 0 Å². The molecule has 3 rings (SSSR count). The highest BCUT2D eigenvalue weighted by atomic mass is 32.2. The summed E-state index contributed by atoms with van der Waals surface area (Å²) in [6.07, 6.45) is 3.82. The van der Waals surface area contributed by atoms with Crippen LogP contribution in [-0.4, -0.2) is 57.3 Å². The second-order valence-corrected chi connectivity index (χ2v) is 10.5. The third kappa shape index (κ3) is 5.32. The topological polar surface area (TPSA) is 107 Å². The number of hydrogen-bond donors (Lipinski definition) is 1. The molecular formula is C18H25N5O3S2. The fourth-order valence-corrected chi connectivity index (χ4v) is 5.53. The molecule has 8 nitrogen and oxygen atoms in total. The van der Waals surface area contributed by atoms with E-state index in [9.17, 15) is 13.2 Å². The molecule has 10 heteroatoms. The zero-order valence-corrected chi connectivity index (χ0v) is 17.7. The fourth-order valence-electron chi connectivity index (χ4n) is 3.04. The third-order valence-corrected chi connectivity index (χ3v) is 7.47. The van der Waals surface area contributed by atoms with Gasteiger partial charge in [0.1, 0.15) is 0 Å². The molecular weight excluding hydrogens is 398 g/mol. The predicted molar refractivity (Wildman–Crippen MR) is 108 cm³/mol. The van der Waals surface area contributed by atoms with Gasteiger partial charge in [0.25, 0.3) is 0 Å². The van der Waals surface area contributed by atoms with Gasteiger partial charge in [-0.25, -0.2) is 8.42 Å². The number of hydrogen-bond acceptors (Lipinski definition) is 7. The largest absolute Gasteiger partial charge is 0.351 e. The van der Waals surface area contributed by atoms with Crippen LogP contribution in [0, 0.1) is 0 Å². The number of amides is 1. The summed E-state index contributed by atoms with van der Waals surface area (Å²) in [4.78, 5) is 12.4. The van der Waals surface area contributed by atoms with E-state index in [4.69, 9.17) is 0 Å². The molecule has 1 N–H and O–H groups in total. The molecule has 1 saturated heterocycles. The summed E-state index contributed by atoms with van der Waals surface area (Å²) in [5.41, 5.74) is 2.11. The molecule has 2 aromatic rings. The molecule has 1 aromatic carbocycles. The fraction of sp³-hybridized carbons (Fsp3) is 0.556. The molecule has 2 heterocycles. The first-order valence-electron chi connectivity index (χ1n) is 9.43. The lowest BCUT2D eigenvalue weighted by atomic mass is 10.1. The molecule has 1 aliphatic rings. The minimum atomic E-state index is -3.03. The lowest BCUT2D eigenvalue weighted by Crippen LogP contribution is -2.40. The second-order valence-electron chi connectivity index (χ2n) is 7.01. The van der Waals surface area contributed by atoms with Gasteiger partial charge in [-0.3, -0.25) is 4.79 Å². The highest BCUT2D eigenvalue weighted by Gasteiger charge is 2.30. The number of benzene rings is 1. The number of aryl methyl sites for hydroxylation is 1. The Kier molecular flexibility index (Phi) is 6.71. The summed E-state index contributed by atoms with van der Waals surface area (Å²) >= 11 is 1.25. The SMILES string of the molecule is CCCCc1ccc(-n2nnnc2S[C@@H](C)C(=O)N[C@@H]2CCS(=O)(=O)C2)cc1. The van der Waals surface area contributed by atoms with Crippen LogP contribution in [0.1, 0.15) is 38.7 Å². The van der Waals surface area contributed by atoms with Crippen molar-refractivity contribution in [1.82, 2.24) is 25.5 Å². The summed E-state index contributed by atoms with van der Waals surface area (Å²) in [5, 5.41) is 14.7. The normalized spacial score (nSPS) is 19.4. The van der Waals surface area contributed by atoms with E-state index < -0.39 is 15.1 Å². The summed E-state index contributed by atoms with van der Waals surface area (Å²) in [6, 6.07) is 7.77. The summed E-state index contributed by atoms with van der Waals surface area (Å²) in [6.45, 7) is 3.93. The third-order valence-electron chi connectivity index (χ3n) is 4.67. The Bertz CT molecular complexity index is 912. The maximum absolute atomic E-state index is 12.4. The van der Waals surface area contributed by atoms with E-state index in [0.29, 0.717) is 11.6 Å². The Morgan fingerprint density at radius 3 is 2.75 bits per heavy atom. The molecule has 1 aliphatic heterocycles. The number of carbonyl (C=O) groups excluding carboxylic acids is 1. The molecule has 152 valence electrons. The zero-order valence-electron chi connectivity index (χ0n) is 16.0. The first-order chi connectivity index (χ1) is 13.4. The van der Waals surface area contributed by atoms with Crippen molar-refractivity contribution < 1.29 is 13.2 Å². The van der Waals surface area contributed by atoms with Crippen molar-refractivity contribution in [1.29, 1.82) is 0 Å². The standard InChI is InChI=1S/C18H25N5O3S2/c1-3-4-5-14-6-8-16(9-7-14)23-18(20-21-22-23)27-13(2)17(24)19-15-10-11-28(25,26)12-15/h6-9,13,15H,3-5,10-12H2,1-2H3,(H,19,24)/t13-,15+/m0/s1. The van der Waals surface area contributed by atoms with E-state index in [2.05, 4.69) is 39.9 Å². The van der Waals surface area contributed by atoms with Gasteiger partial charge in [-0.1, -0.05) is 37.2 Å². The molecule has 1 fully saturated rings. The second kappa shape index (κ2) is 9.04. The molecule has 2 atom stereocenters. The first-order valence-corrected chi connectivity index (χ1v) is 12.1. The van der Waals surface area contributed by atoms with Gasteiger partial charge < -0.3 is 5.32 Å². The lowest BCUT2D eigenvalue weighted by Gasteiger charge is -2.15. The highest BCUT2D eigenvalue weighted by molar-refractivity contribution is 8.00. The monoisotopic (exact) mass is 423 g/mol. The number of aromatic nitrogens is 4. The Morgan fingerprint density at radius 2 is 2.11 bits per heavy atom. The van der Waals surface area contributed by atoms with Gasteiger partial charge in [0.05, 0.1) is 22.4 Å². The van der Waals surface area contributed by atoms with E-state index in [-0.39, 0.29) is 23.5 Å². The van der Waals surface area contributed by atoms with Crippen LogP contribution in [0.25, 0.3) is 5.69 Å². The Labute approximate surface area is 169 Å². The van der Waals surface area contributed by atoms with Crippen LogP contribution in [-0.2, 0) is 21.1 Å². The Morgan fingerprint density at radius 1 is 1.36 bits per heavy atom. The van der Waals surface area contributed by atoms with E-state index >= 15 is 0 Å². The highest BCUT2D eigenvalue weighted by Crippen LogP contribution is 2.24. The quantitative estimate of drug-likeness (QED) is 0.645. The number of nitrogens with one attached hydrogen (secondary N) is 1. The molecule has 0 spiro atoms. The number of sulfone groups is 1. The number of unbranched alkanes of at least 4 members (excludes halogenated alkanes) is 1. The van der Waals surface area contributed by atoms with Crippen LogP contribution < -0.4 is 5.32 Å². The Hall–Kier alpha value is -1.94. The van der Waals surface area contributed by atoms with Crippen molar-refractivity contribution in [2.75, 3.05) is 11.5 Å². The molecule has 1 amide bonds. The smallest absolute Gasteiger partial charge is 0.233 e. The van der Waals surface area contributed by atoms with Crippen LogP contribution >= 0.6 is 11.8 Å². The van der Waals surface area contributed by atoms with E-state index in [0.717, 1.165) is 24.9 Å². The van der Waals surface area contributed by atoms with E-state index in [1.807, 2.05) is 12.1 Å². The van der Waals surface area contributed by atoms with Gasteiger partial charge in [0.15, 0.2) is 9.84 Å². The number of carbonyl (C=O) groups is 1. The van der Waals surface area contributed by atoms with Crippen LogP contribution in [0.5, 0.6) is 0 Å². The van der Waals surface area contributed by atoms with Gasteiger partial charge >= 0.3 is 0 Å². The van der Waals surface area contributed by atoms with Crippen molar-refractivity contribution >= 4 is 27.5 Å². The number of nitrogens with zero attached hydrogens (tertiary/aromatic N) is 4. The summed E-state index contributed by atoms with van der Waals surface area (Å²) < 4.78 is 24.7. The van der Waals surface area contributed by atoms with Crippen LogP contribution in [0.4, 0.5) is 0 Å². The summed E-state index contributed by atoms with van der Waals surface area (Å²) in [7, 11) is -3.03. The van der Waals surface area contributed by atoms with E-state index in [1.54, 1.807) is 11.6 Å². The van der Waals surface area contributed by atoms with Gasteiger partial charge in [0, 0.05) is 6.04 Å².